The van der Waals surface area contributed by atoms with Crippen LogP contribution in [0.2, 0.25) is 0 Å². The molecule has 2 atom stereocenters. The fraction of sp³-hybridized carbons (Fsp3) is 0.400. The third-order valence-electron chi connectivity index (χ3n) is 4.47. The number of carbonyl (C=O) groups excluding carboxylic acids is 1. The van der Waals surface area contributed by atoms with Crippen molar-refractivity contribution in [3.8, 4) is 11.5 Å². The predicted molar refractivity (Wildman–Crippen MR) is 117 cm³/mol. The van der Waals surface area contributed by atoms with Crippen molar-refractivity contribution in [2.24, 2.45) is 0 Å². The van der Waals surface area contributed by atoms with Crippen LogP contribution in [-0.2, 0) is 4.74 Å². The second-order valence-corrected chi connectivity index (χ2v) is 7.87. The van der Waals surface area contributed by atoms with Crippen LogP contribution in [-0.4, -0.2) is 50.4 Å². The first kappa shape index (κ1) is 20.7. The molecule has 0 aliphatic carbocycles. The van der Waals surface area contributed by atoms with E-state index in [0.717, 1.165) is 22.5 Å². The molecule has 0 bridgehead atoms. The molecule has 150 valence electrons. The van der Waals surface area contributed by atoms with Gasteiger partial charge in [-0.05, 0) is 60.7 Å². The van der Waals surface area contributed by atoms with Crippen LogP contribution in [0.3, 0.4) is 0 Å². The summed E-state index contributed by atoms with van der Waals surface area (Å²) >= 11 is 2.11. The lowest BCUT2D eigenvalue weighted by atomic mass is 10.2. The fourth-order valence-electron chi connectivity index (χ4n) is 3.24. The number of amides is 1. The molecular formula is C20H24IN3O4. The molecule has 1 aliphatic heterocycles. The summed E-state index contributed by atoms with van der Waals surface area (Å²) in [4.78, 5) is 19.4. The average Bonchev–Trinajstić information content (AvgIpc) is 2.67. The third kappa shape index (κ3) is 4.67. The van der Waals surface area contributed by atoms with Gasteiger partial charge in [0, 0.05) is 16.7 Å². The molecule has 0 radical (unpaired) electrons. The molecule has 1 aromatic heterocycles. The van der Waals surface area contributed by atoms with E-state index in [0.29, 0.717) is 22.7 Å². The average molecular weight is 497 g/mol. The van der Waals surface area contributed by atoms with E-state index in [2.05, 4.69) is 51.6 Å². The Labute approximate surface area is 178 Å². The van der Waals surface area contributed by atoms with Gasteiger partial charge in [-0.2, -0.15) is 0 Å². The number of halogens is 1. The largest absolute Gasteiger partial charge is 0.493 e. The van der Waals surface area contributed by atoms with Gasteiger partial charge in [-0.15, -0.1) is 0 Å². The van der Waals surface area contributed by atoms with Crippen molar-refractivity contribution in [3.05, 3.63) is 39.6 Å². The van der Waals surface area contributed by atoms with Crippen LogP contribution in [0.15, 0.2) is 30.5 Å². The van der Waals surface area contributed by atoms with Crippen LogP contribution < -0.4 is 19.7 Å². The number of nitrogens with zero attached hydrogens (tertiary/aromatic N) is 2. The van der Waals surface area contributed by atoms with Gasteiger partial charge in [-0.3, -0.25) is 4.79 Å². The van der Waals surface area contributed by atoms with E-state index < -0.39 is 0 Å². The quantitative estimate of drug-likeness (QED) is 0.638. The highest BCUT2D eigenvalue weighted by Crippen LogP contribution is 2.31. The molecule has 1 aliphatic rings. The maximum atomic E-state index is 12.7. The van der Waals surface area contributed by atoms with Gasteiger partial charge in [0.15, 0.2) is 11.5 Å². The van der Waals surface area contributed by atoms with Crippen molar-refractivity contribution in [1.82, 2.24) is 4.98 Å². The van der Waals surface area contributed by atoms with Crippen LogP contribution in [0, 0.1) is 3.57 Å². The lowest BCUT2D eigenvalue weighted by molar-refractivity contribution is -0.00545. The Bertz CT molecular complexity index is 834. The van der Waals surface area contributed by atoms with Gasteiger partial charge in [-0.1, -0.05) is 0 Å². The number of aromatic nitrogens is 1. The van der Waals surface area contributed by atoms with E-state index in [1.165, 1.54) is 0 Å². The maximum absolute atomic E-state index is 12.7. The topological polar surface area (TPSA) is 72.9 Å². The van der Waals surface area contributed by atoms with Gasteiger partial charge in [0.25, 0.3) is 5.91 Å². The summed E-state index contributed by atoms with van der Waals surface area (Å²) in [5.74, 6) is 1.75. The van der Waals surface area contributed by atoms with Crippen LogP contribution in [0.25, 0.3) is 0 Å². The lowest BCUT2D eigenvalue weighted by Gasteiger charge is -2.36. The highest BCUT2D eigenvalue weighted by molar-refractivity contribution is 14.1. The standard InChI is InChI=1S/C20H24IN3O4/c1-12-10-24(11-13(2)28-12)19-6-5-14(9-22-19)23-20(25)15-7-17(26-3)18(27-4)8-16(15)21/h5-9,12-13H,10-11H2,1-4H3,(H,23,25). The van der Waals surface area contributed by atoms with Gasteiger partial charge < -0.3 is 24.4 Å². The molecule has 7 nitrogen and oxygen atoms in total. The number of hydrogen-bond acceptors (Lipinski definition) is 6. The third-order valence-corrected chi connectivity index (χ3v) is 5.36. The van der Waals surface area contributed by atoms with Crippen LogP contribution in [0.4, 0.5) is 11.5 Å². The van der Waals surface area contributed by atoms with E-state index in [1.54, 1.807) is 32.5 Å². The number of rotatable bonds is 5. The Morgan fingerprint density at radius 3 is 2.39 bits per heavy atom. The van der Waals surface area contributed by atoms with Gasteiger partial charge in [0.05, 0.1) is 43.9 Å². The van der Waals surface area contributed by atoms with Crippen LogP contribution >= 0.6 is 22.6 Å². The highest BCUT2D eigenvalue weighted by Gasteiger charge is 2.23. The Hall–Kier alpha value is -2.07. The zero-order valence-electron chi connectivity index (χ0n) is 16.4. The molecule has 1 fully saturated rings. The summed E-state index contributed by atoms with van der Waals surface area (Å²) in [6, 6.07) is 7.23. The molecule has 2 heterocycles. The molecular weight excluding hydrogens is 473 g/mol. The Morgan fingerprint density at radius 1 is 1.18 bits per heavy atom. The SMILES string of the molecule is COc1cc(I)c(C(=O)Nc2ccc(N3CC(C)OC(C)C3)nc2)cc1OC. The van der Waals surface area contributed by atoms with Crippen molar-refractivity contribution in [2.45, 2.75) is 26.1 Å². The van der Waals surface area contributed by atoms with Gasteiger partial charge in [0.2, 0.25) is 0 Å². The molecule has 1 saturated heterocycles. The highest BCUT2D eigenvalue weighted by atomic mass is 127. The number of ether oxygens (including phenoxy) is 3. The van der Waals surface area contributed by atoms with Crippen LogP contribution in [0.5, 0.6) is 11.5 Å². The first-order valence-electron chi connectivity index (χ1n) is 9.00. The molecule has 2 aromatic rings. The second-order valence-electron chi connectivity index (χ2n) is 6.71. The van der Waals surface area contributed by atoms with Crippen LogP contribution in [0.1, 0.15) is 24.2 Å². The summed E-state index contributed by atoms with van der Waals surface area (Å²) in [7, 11) is 3.11. The predicted octanol–water partition coefficient (Wildman–Crippen LogP) is 3.57. The second kappa shape index (κ2) is 8.95. The molecule has 1 aromatic carbocycles. The fourth-order valence-corrected chi connectivity index (χ4v) is 3.92. The van der Waals surface area contributed by atoms with E-state index >= 15 is 0 Å². The Balaban J connectivity index is 1.73. The Morgan fingerprint density at radius 2 is 1.82 bits per heavy atom. The first-order chi connectivity index (χ1) is 13.4. The smallest absolute Gasteiger partial charge is 0.256 e. The zero-order valence-corrected chi connectivity index (χ0v) is 18.5. The van der Waals surface area contributed by atoms with E-state index in [4.69, 9.17) is 14.2 Å². The molecule has 3 rings (SSSR count). The van der Waals surface area contributed by atoms with Crippen molar-refractivity contribution in [3.63, 3.8) is 0 Å². The monoisotopic (exact) mass is 497 g/mol. The number of nitrogens with one attached hydrogen (secondary N) is 1. The summed E-state index contributed by atoms with van der Waals surface area (Å²) in [6.07, 6.45) is 2.00. The van der Waals surface area contributed by atoms with Gasteiger partial charge in [-0.25, -0.2) is 4.98 Å². The number of morpholine rings is 1. The van der Waals surface area contributed by atoms with Crippen molar-refractivity contribution in [2.75, 3.05) is 37.5 Å². The van der Waals surface area contributed by atoms with E-state index in [-0.39, 0.29) is 18.1 Å². The van der Waals surface area contributed by atoms with Gasteiger partial charge >= 0.3 is 0 Å². The zero-order chi connectivity index (χ0) is 20.3. The molecule has 0 spiro atoms. The molecule has 1 amide bonds. The summed E-state index contributed by atoms with van der Waals surface area (Å²) in [5, 5.41) is 2.89. The van der Waals surface area contributed by atoms with E-state index in [9.17, 15) is 4.79 Å². The minimum atomic E-state index is -0.228. The molecule has 28 heavy (non-hydrogen) atoms. The molecule has 0 saturated carbocycles. The van der Waals surface area contributed by atoms with E-state index in [1.807, 2.05) is 12.1 Å². The van der Waals surface area contributed by atoms with Crippen molar-refractivity contribution in [1.29, 1.82) is 0 Å². The first-order valence-corrected chi connectivity index (χ1v) is 10.1. The number of anilines is 2. The van der Waals surface area contributed by atoms with Crippen molar-refractivity contribution >= 4 is 40.0 Å². The normalized spacial score (nSPS) is 19.2. The number of hydrogen-bond donors (Lipinski definition) is 1. The molecule has 8 heteroatoms. The minimum absolute atomic E-state index is 0.164. The van der Waals surface area contributed by atoms with Gasteiger partial charge in [0.1, 0.15) is 5.82 Å². The number of pyridine rings is 1. The summed E-state index contributed by atoms with van der Waals surface area (Å²) in [5.41, 5.74) is 1.15. The summed E-state index contributed by atoms with van der Waals surface area (Å²) in [6.45, 7) is 5.71. The number of benzene rings is 1. The lowest BCUT2D eigenvalue weighted by Crippen LogP contribution is -2.45. The minimum Gasteiger partial charge on any atom is -0.493 e. The van der Waals surface area contributed by atoms with Crippen molar-refractivity contribution < 1.29 is 19.0 Å². The number of carbonyl (C=O) groups is 1. The summed E-state index contributed by atoms with van der Waals surface area (Å²) < 4.78 is 17.1. The Kier molecular flexibility index (Phi) is 6.61. The molecule has 1 N–H and O–H groups in total. The maximum Gasteiger partial charge on any atom is 0.256 e. The number of methoxy groups -OCH3 is 2. The molecule has 2 unspecified atom stereocenters.